The number of amides is 1. The van der Waals surface area contributed by atoms with Crippen LogP contribution in [0.2, 0.25) is 0 Å². The van der Waals surface area contributed by atoms with Gasteiger partial charge in [-0.1, -0.05) is 12.2 Å². The molecule has 1 N–H and O–H groups in total. The van der Waals surface area contributed by atoms with Crippen molar-refractivity contribution in [2.24, 2.45) is 5.92 Å². The smallest absolute Gasteiger partial charge is 0.227 e. The van der Waals surface area contributed by atoms with E-state index in [1.165, 1.54) is 0 Å². The second kappa shape index (κ2) is 5.31. The first kappa shape index (κ1) is 10.7. The number of hydrogen-bond acceptors (Lipinski definition) is 2. The van der Waals surface area contributed by atoms with Gasteiger partial charge in [-0.05, 0) is 32.1 Å². The van der Waals surface area contributed by atoms with Gasteiger partial charge in [-0.3, -0.25) is 4.79 Å². The molecule has 2 aliphatic rings. The number of carbonyl (C=O) groups excluding carboxylic acids is 1. The molecule has 0 bridgehead atoms. The second-order valence-corrected chi connectivity index (χ2v) is 4.35. The van der Waals surface area contributed by atoms with Crippen LogP contribution in [0.5, 0.6) is 0 Å². The zero-order valence-corrected chi connectivity index (χ0v) is 9.08. The van der Waals surface area contributed by atoms with Crippen LogP contribution >= 0.6 is 0 Å². The fourth-order valence-corrected chi connectivity index (χ4v) is 2.18. The van der Waals surface area contributed by atoms with E-state index in [0.717, 1.165) is 38.7 Å². The van der Waals surface area contributed by atoms with Crippen molar-refractivity contribution < 1.29 is 9.53 Å². The first-order valence-electron chi connectivity index (χ1n) is 5.92. The zero-order chi connectivity index (χ0) is 10.5. The van der Waals surface area contributed by atoms with Gasteiger partial charge in [0.1, 0.15) is 0 Å². The molecule has 1 aliphatic heterocycles. The SMILES string of the molecule is O=C(NC[C@@H]1CCCO1)[C@H]1C=CCCC1. The number of nitrogens with one attached hydrogen (secondary N) is 1. The Bertz CT molecular complexity index is 244. The highest BCUT2D eigenvalue weighted by molar-refractivity contribution is 5.80. The first-order chi connectivity index (χ1) is 7.36. The number of ether oxygens (including phenoxy) is 1. The summed E-state index contributed by atoms with van der Waals surface area (Å²) in [6.45, 7) is 1.53. The van der Waals surface area contributed by atoms with E-state index in [2.05, 4.69) is 11.4 Å². The highest BCUT2D eigenvalue weighted by atomic mass is 16.5. The van der Waals surface area contributed by atoms with Gasteiger partial charge in [0.05, 0.1) is 12.0 Å². The highest BCUT2D eigenvalue weighted by Crippen LogP contribution is 2.17. The summed E-state index contributed by atoms with van der Waals surface area (Å²) in [6.07, 6.45) is 9.86. The molecule has 1 heterocycles. The first-order valence-corrected chi connectivity index (χ1v) is 5.92. The van der Waals surface area contributed by atoms with Crippen LogP contribution < -0.4 is 5.32 Å². The molecule has 0 saturated carbocycles. The maximum Gasteiger partial charge on any atom is 0.227 e. The Kier molecular flexibility index (Phi) is 3.78. The van der Waals surface area contributed by atoms with Crippen LogP contribution in [0.15, 0.2) is 12.2 Å². The number of allylic oxidation sites excluding steroid dienone is 1. The molecule has 0 unspecified atom stereocenters. The third-order valence-corrected chi connectivity index (χ3v) is 3.12. The Labute approximate surface area is 90.9 Å². The van der Waals surface area contributed by atoms with E-state index in [9.17, 15) is 4.79 Å². The van der Waals surface area contributed by atoms with Crippen molar-refractivity contribution in [1.29, 1.82) is 0 Å². The van der Waals surface area contributed by atoms with E-state index < -0.39 is 0 Å². The molecule has 2 rings (SSSR count). The van der Waals surface area contributed by atoms with Gasteiger partial charge in [-0.15, -0.1) is 0 Å². The maximum absolute atomic E-state index is 11.7. The average Bonchev–Trinajstić information content (AvgIpc) is 2.80. The number of carbonyl (C=O) groups is 1. The Morgan fingerprint density at radius 3 is 3.00 bits per heavy atom. The molecular weight excluding hydrogens is 190 g/mol. The fourth-order valence-electron chi connectivity index (χ4n) is 2.18. The topological polar surface area (TPSA) is 38.3 Å². The van der Waals surface area contributed by atoms with Crippen molar-refractivity contribution >= 4 is 5.91 Å². The van der Waals surface area contributed by atoms with Crippen molar-refractivity contribution in [3.05, 3.63) is 12.2 Å². The van der Waals surface area contributed by atoms with Gasteiger partial charge in [0.25, 0.3) is 0 Å². The highest BCUT2D eigenvalue weighted by Gasteiger charge is 2.20. The summed E-state index contributed by atoms with van der Waals surface area (Å²) in [5, 5.41) is 2.98. The van der Waals surface area contributed by atoms with Crippen molar-refractivity contribution in [3.8, 4) is 0 Å². The van der Waals surface area contributed by atoms with Gasteiger partial charge in [-0.25, -0.2) is 0 Å². The summed E-state index contributed by atoms with van der Waals surface area (Å²) >= 11 is 0. The molecule has 3 nitrogen and oxygen atoms in total. The van der Waals surface area contributed by atoms with Gasteiger partial charge in [0, 0.05) is 13.2 Å². The molecule has 1 saturated heterocycles. The maximum atomic E-state index is 11.7. The van der Waals surface area contributed by atoms with Gasteiger partial charge in [-0.2, -0.15) is 0 Å². The van der Waals surface area contributed by atoms with E-state index >= 15 is 0 Å². The van der Waals surface area contributed by atoms with E-state index in [1.807, 2.05) is 6.08 Å². The Balaban J connectivity index is 1.71. The van der Waals surface area contributed by atoms with Crippen LogP contribution in [0.1, 0.15) is 32.1 Å². The minimum Gasteiger partial charge on any atom is -0.376 e. The third kappa shape index (κ3) is 3.06. The molecule has 2 atom stereocenters. The molecule has 0 spiro atoms. The Morgan fingerprint density at radius 2 is 2.33 bits per heavy atom. The molecule has 84 valence electrons. The van der Waals surface area contributed by atoms with Crippen molar-refractivity contribution in [3.63, 3.8) is 0 Å². The molecule has 0 aromatic heterocycles. The van der Waals surface area contributed by atoms with Crippen LogP contribution in [0.4, 0.5) is 0 Å². The van der Waals surface area contributed by atoms with E-state index in [4.69, 9.17) is 4.74 Å². The second-order valence-electron chi connectivity index (χ2n) is 4.35. The lowest BCUT2D eigenvalue weighted by Gasteiger charge is -2.17. The van der Waals surface area contributed by atoms with Crippen LogP contribution in [0.25, 0.3) is 0 Å². The lowest BCUT2D eigenvalue weighted by Crippen LogP contribution is -2.36. The van der Waals surface area contributed by atoms with Crippen LogP contribution in [-0.4, -0.2) is 25.2 Å². The van der Waals surface area contributed by atoms with E-state index in [1.54, 1.807) is 0 Å². The standard InChI is InChI=1S/C12H19NO2/c14-12(10-5-2-1-3-6-10)13-9-11-7-4-8-15-11/h2,5,10-11H,1,3-4,6-9H2,(H,13,14)/t10-,11-/m0/s1. The fraction of sp³-hybridized carbons (Fsp3) is 0.750. The van der Waals surface area contributed by atoms with Crippen LogP contribution in [0.3, 0.4) is 0 Å². The van der Waals surface area contributed by atoms with E-state index in [0.29, 0.717) is 6.54 Å². The van der Waals surface area contributed by atoms with Crippen molar-refractivity contribution in [2.75, 3.05) is 13.2 Å². The quantitative estimate of drug-likeness (QED) is 0.718. The minimum atomic E-state index is 0.0974. The summed E-state index contributed by atoms with van der Waals surface area (Å²) in [5.74, 6) is 0.265. The Hall–Kier alpha value is -0.830. The van der Waals surface area contributed by atoms with Crippen molar-refractivity contribution in [2.45, 2.75) is 38.2 Å². The molecule has 3 heteroatoms. The number of hydrogen-bond donors (Lipinski definition) is 1. The number of rotatable bonds is 3. The molecule has 0 aromatic carbocycles. The lowest BCUT2D eigenvalue weighted by atomic mass is 9.95. The molecule has 0 aromatic rings. The molecule has 15 heavy (non-hydrogen) atoms. The Morgan fingerprint density at radius 1 is 1.40 bits per heavy atom. The van der Waals surface area contributed by atoms with Gasteiger partial charge < -0.3 is 10.1 Å². The summed E-state index contributed by atoms with van der Waals surface area (Å²) in [4.78, 5) is 11.7. The molecule has 1 aliphatic carbocycles. The average molecular weight is 209 g/mol. The molecule has 0 radical (unpaired) electrons. The van der Waals surface area contributed by atoms with Gasteiger partial charge in [0.2, 0.25) is 5.91 Å². The van der Waals surface area contributed by atoms with Crippen LogP contribution in [0, 0.1) is 5.92 Å². The third-order valence-electron chi connectivity index (χ3n) is 3.12. The summed E-state index contributed by atoms with van der Waals surface area (Å²) in [5.41, 5.74) is 0. The minimum absolute atomic E-state index is 0.0974. The molecule has 1 fully saturated rings. The van der Waals surface area contributed by atoms with Gasteiger partial charge >= 0.3 is 0 Å². The van der Waals surface area contributed by atoms with Crippen LogP contribution in [-0.2, 0) is 9.53 Å². The lowest BCUT2D eigenvalue weighted by molar-refractivity contribution is -0.124. The normalized spacial score (nSPS) is 30.4. The molecular formula is C12H19NO2. The summed E-state index contributed by atoms with van der Waals surface area (Å²) < 4.78 is 5.46. The summed E-state index contributed by atoms with van der Waals surface area (Å²) in [6, 6.07) is 0. The zero-order valence-electron chi connectivity index (χ0n) is 9.08. The predicted octanol–water partition coefficient (Wildman–Crippen LogP) is 1.64. The monoisotopic (exact) mass is 209 g/mol. The van der Waals surface area contributed by atoms with Gasteiger partial charge in [0.15, 0.2) is 0 Å². The van der Waals surface area contributed by atoms with Crippen molar-refractivity contribution in [1.82, 2.24) is 5.32 Å². The molecule has 1 amide bonds. The summed E-state index contributed by atoms with van der Waals surface area (Å²) in [7, 11) is 0. The largest absolute Gasteiger partial charge is 0.376 e. The van der Waals surface area contributed by atoms with E-state index in [-0.39, 0.29) is 17.9 Å². The predicted molar refractivity (Wildman–Crippen MR) is 58.5 cm³/mol.